The summed E-state index contributed by atoms with van der Waals surface area (Å²) in [5.41, 5.74) is 0.969. The molecule has 2 rings (SSSR count). The van der Waals surface area contributed by atoms with Gasteiger partial charge in [-0.1, -0.05) is 12.1 Å². The summed E-state index contributed by atoms with van der Waals surface area (Å²) in [5.74, 6) is 0.714. The minimum Gasteiger partial charge on any atom is -0.379 e. The maximum Gasteiger partial charge on any atom is 0.242 e. The molecule has 0 radical (unpaired) electrons. The van der Waals surface area contributed by atoms with Crippen molar-refractivity contribution in [3.63, 3.8) is 0 Å². The Morgan fingerprint density at radius 2 is 1.79 bits per heavy atom. The van der Waals surface area contributed by atoms with Crippen LogP contribution in [-0.2, 0) is 21.3 Å². The van der Waals surface area contributed by atoms with Crippen LogP contribution in [0.2, 0.25) is 0 Å². The molecule has 0 aromatic heterocycles. The molecule has 1 aliphatic heterocycles. The SMILES string of the molecule is CN=C(NCc1ccc(S(=O)(=O)N(C)C)cc1)NCC(C)(C)N1CCOCC1. The molecule has 1 heterocycles. The first-order valence-corrected chi connectivity index (χ1v) is 10.9. The van der Waals surface area contributed by atoms with Gasteiger partial charge in [0.25, 0.3) is 0 Å². The number of nitrogens with one attached hydrogen (secondary N) is 2. The number of nitrogens with zero attached hydrogens (tertiary/aromatic N) is 3. The van der Waals surface area contributed by atoms with Crippen molar-refractivity contribution in [2.24, 2.45) is 4.99 Å². The fourth-order valence-corrected chi connectivity index (χ4v) is 3.88. The lowest BCUT2D eigenvalue weighted by molar-refractivity contribution is -0.00834. The predicted molar refractivity (Wildman–Crippen MR) is 112 cm³/mol. The zero-order chi connectivity index (χ0) is 20.8. The second-order valence-corrected chi connectivity index (χ2v) is 9.77. The molecular weight excluding hydrogens is 378 g/mol. The molecule has 1 fully saturated rings. The monoisotopic (exact) mass is 411 g/mol. The van der Waals surface area contributed by atoms with Gasteiger partial charge in [0.2, 0.25) is 10.0 Å². The van der Waals surface area contributed by atoms with Gasteiger partial charge in [0.15, 0.2) is 5.96 Å². The Morgan fingerprint density at radius 3 is 2.32 bits per heavy atom. The number of guanidine groups is 1. The number of sulfonamides is 1. The molecule has 1 aliphatic rings. The summed E-state index contributed by atoms with van der Waals surface area (Å²) in [5, 5.41) is 6.66. The van der Waals surface area contributed by atoms with Crippen molar-refractivity contribution in [1.29, 1.82) is 0 Å². The van der Waals surface area contributed by atoms with Crippen molar-refractivity contribution in [1.82, 2.24) is 19.8 Å². The van der Waals surface area contributed by atoms with E-state index in [9.17, 15) is 8.42 Å². The molecule has 9 heteroatoms. The Morgan fingerprint density at radius 1 is 1.18 bits per heavy atom. The third-order valence-corrected chi connectivity index (χ3v) is 6.77. The molecule has 8 nitrogen and oxygen atoms in total. The number of hydrogen-bond acceptors (Lipinski definition) is 5. The van der Waals surface area contributed by atoms with Crippen molar-refractivity contribution >= 4 is 16.0 Å². The molecule has 0 amide bonds. The molecule has 1 saturated heterocycles. The van der Waals surface area contributed by atoms with Gasteiger partial charge in [0, 0.05) is 52.9 Å². The van der Waals surface area contributed by atoms with Crippen LogP contribution in [0, 0.1) is 0 Å². The standard InChI is InChI=1S/C19H33N5O3S/c1-19(2,24-10-12-27-13-11-24)15-22-18(20-3)21-14-16-6-8-17(9-7-16)28(25,26)23(4)5/h6-9H,10-15H2,1-5H3,(H2,20,21,22). The maximum atomic E-state index is 12.1. The highest BCUT2D eigenvalue weighted by molar-refractivity contribution is 7.89. The largest absolute Gasteiger partial charge is 0.379 e. The molecule has 158 valence electrons. The van der Waals surface area contributed by atoms with E-state index >= 15 is 0 Å². The Balaban J connectivity index is 1.88. The number of hydrogen-bond donors (Lipinski definition) is 2. The zero-order valence-electron chi connectivity index (χ0n) is 17.5. The van der Waals surface area contributed by atoms with Crippen molar-refractivity contribution < 1.29 is 13.2 Å². The maximum absolute atomic E-state index is 12.1. The van der Waals surface area contributed by atoms with Gasteiger partial charge in [0.05, 0.1) is 18.1 Å². The summed E-state index contributed by atoms with van der Waals surface area (Å²) in [6.07, 6.45) is 0. The second-order valence-electron chi connectivity index (χ2n) is 7.62. The Labute approximate surface area is 169 Å². The number of rotatable bonds is 7. The summed E-state index contributed by atoms with van der Waals surface area (Å²) in [4.78, 5) is 6.99. The lowest BCUT2D eigenvalue weighted by Crippen LogP contribution is -2.56. The van der Waals surface area contributed by atoms with Crippen LogP contribution in [0.3, 0.4) is 0 Å². The average Bonchev–Trinajstić information content (AvgIpc) is 2.69. The van der Waals surface area contributed by atoms with Gasteiger partial charge < -0.3 is 15.4 Å². The van der Waals surface area contributed by atoms with Gasteiger partial charge in [-0.3, -0.25) is 9.89 Å². The smallest absolute Gasteiger partial charge is 0.242 e. The van der Waals surface area contributed by atoms with Gasteiger partial charge in [-0.15, -0.1) is 0 Å². The fraction of sp³-hybridized carbons (Fsp3) is 0.632. The van der Waals surface area contributed by atoms with E-state index < -0.39 is 10.0 Å². The lowest BCUT2D eigenvalue weighted by atomic mass is 10.0. The molecule has 2 N–H and O–H groups in total. The quantitative estimate of drug-likeness (QED) is 0.508. The fourth-order valence-electron chi connectivity index (χ4n) is 2.98. The van der Waals surface area contributed by atoms with Gasteiger partial charge in [-0.2, -0.15) is 0 Å². The van der Waals surface area contributed by atoms with Crippen molar-refractivity contribution in [3.8, 4) is 0 Å². The van der Waals surface area contributed by atoms with Gasteiger partial charge in [-0.05, 0) is 31.5 Å². The molecule has 0 spiro atoms. The van der Waals surface area contributed by atoms with Gasteiger partial charge >= 0.3 is 0 Å². The van der Waals surface area contributed by atoms with E-state index in [1.807, 2.05) is 12.1 Å². The van der Waals surface area contributed by atoms with E-state index in [1.54, 1.807) is 19.2 Å². The molecule has 1 aromatic rings. The Hall–Kier alpha value is -1.68. The second kappa shape index (κ2) is 9.69. The summed E-state index contributed by atoms with van der Waals surface area (Å²) in [7, 11) is 1.39. The summed E-state index contributed by atoms with van der Waals surface area (Å²) in [6, 6.07) is 6.89. The van der Waals surface area contributed by atoms with Crippen LogP contribution in [0.15, 0.2) is 34.2 Å². The number of morpholine rings is 1. The number of benzene rings is 1. The van der Waals surface area contributed by atoms with Gasteiger partial charge in [0.1, 0.15) is 0 Å². The topological polar surface area (TPSA) is 86.3 Å². The molecule has 1 aromatic carbocycles. The van der Waals surface area contributed by atoms with Crippen LogP contribution < -0.4 is 10.6 Å². The first-order valence-electron chi connectivity index (χ1n) is 9.45. The van der Waals surface area contributed by atoms with Crippen molar-refractivity contribution in [3.05, 3.63) is 29.8 Å². The molecule has 0 bridgehead atoms. The lowest BCUT2D eigenvalue weighted by Gasteiger charge is -2.41. The van der Waals surface area contributed by atoms with E-state index in [2.05, 4.69) is 34.4 Å². The minimum absolute atomic E-state index is 0.0103. The van der Waals surface area contributed by atoms with Crippen molar-refractivity contribution in [2.45, 2.75) is 30.8 Å². The highest BCUT2D eigenvalue weighted by Crippen LogP contribution is 2.15. The Bertz CT molecular complexity index is 754. The third kappa shape index (κ3) is 5.91. The van der Waals surface area contributed by atoms with Crippen LogP contribution in [0.5, 0.6) is 0 Å². The van der Waals surface area contributed by atoms with Crippen LogP contribution >= 0.6 is 0 Å². The average molecular weight is 412 g/mol. The van der Waals surface area contributed by atoms with E-state index in [4.69, 9.17) is 4.74 Å². The highest BCUT2D eigenvalue weighted by atomic mass is 32.2. The van der Waals surface area contributed by atoms with E-state index in [0.29, 0.717) is 12.5 Å². The summed E-state index contributed by atoms with van der Waals surface area (Å²) >= 11 is 0. The first-order chi connectivity index (χ1) is 13.2. The molecule has 0 aliphatic carbocycles. The highest BCUT2D eigenvalue weighted by Gasteiger charge is 2.28. The zero-order valence-corrected chi connectivity index (χ0v) is 18.3. The normalized spacial score (nSPS) is 17.0. The third-order valence-electron chi connectivity index (χ3n) is 4.94. The van der Waals surface area contributed by atoms with Crippen LogP contribution in [-0.4, -0.2) is 83.1 Å². The van der Waals surface area contributed by atoms with Crippen LogP contribution in [0.1, 0.15) is 19.4 Å². The van der Waals surface area contributed by atoms with Crippen LogP contribution in [0.4, 0.5) is 0 Å². The molecule has 28 heavy (non-hydrogen) atoms. The predicted octanol–water partition coefficient (Wildman–Crippen LogP) is 0.713. The van der Waals surface area contributed by atoms with Gasteiger partial charge in [-0.25, -0.2) is 12.7 Å². The van der Waals surface area contributed by atoms with E-state index in [1.165, 1.54) is 18.4 Å². The Kier molecular flexibility index (Phi) is 7.82. The number of ether oxygens (including phenoxy) is 1. The molecule has 0 unspecified atom stereocenters. The number of aliphatic imine (C=N–C) groups is 1. The molecule has 0 atom stereocenters. The molecule has 0 saturated carbocycles. The van der Waals surface area contributed by atoms with Crippen molar-refractivity contribution in [2.75, 3.05) is 54.0 Å². The summed E-state index contributed by atoms with van der Waals surface area (Å²) in [6.45, 7) is 9.15. The molecular formula is C19H33N5O3S. The first kappa shape index (κ1) is 22.6. The van der Waals surface area contributed by atoms with Crippen LogP contribution in [0.25, 0.3) is 0 Å². The van der Waals surface area contributed by atoms with E-state index in [-0.39, 0.29) is 10.4 Å². The minimum atomic E-state index is -3.40. The summed E-state index contributed by atoms with van der Waals surface area (Å²) < 4.78 is 30.9. The van der Waals surface area contributed by atoms with E-state index in [0.717, 1.165) is 38.4 Å².